The van der Waals surface area contributed by atoms with Crippen molar-refractivity contribution < 1.29 is 13.9 Å². The number of rotatable bonds is 7. The number of hydrogen-bond acceptors (Lipinski definition) is 6. The van der Waals surface area contributed by atoms with Crippen molar-refractivity contribution in [2.24, 2.45) is 0 Å². The summed E-state index contributed by atoms with van der Waals surface area (Å²) in [5.41, 5.74) is 1.73. The number of nitrogens with one attached hydrogen (secondary N) is 1. The van der Waals surface area contributed by atoms with Gasteiger partial charge in [-0.25, -0.2) is 0 Å². The van der Waals surface area contributed by atoms with Crippen LogP contribution in [0.2, 0.25) is 0 Å². The summed E-state index contributed by atoms with van der Waals surface area (Å²) in [5.74, 6) is 2.57. The number of ether oxygens (including phenoxy) is 2. The van der Waals surface area contributed by atoms with Gasteiger partial charge in [-0.2, -0.15) is 0 Å². The van der Waals surface area contributed by atoms with Gasteiger partial charge in [-0.05, 0) is 43.3 Å². The molecule has 2 aromatic carbocycles. The maximum Gasteiger partial charge on any atom is 0.247 e. The first-order chi connectivity index (χ1) is 11.8. The van der Waals surface area contributed by atoms with Crippen LogP contribution in [0.15, 0.2) is 52.9 Å². The van der Waals surface area contributed by atoms with Crippen molar-refractivity contribution in [1.29, 1.82) is 0 Å². The second-order valence-electron chi connectivity index (χ2n) is 5.01. The molecule has 6 heteroatoms. The van der Waals surface area contributed by atoms with Crippen molar-refractivity contribution in [2.45, 2.75) is 13.5 Å². The van der Waals surface area contributed by atoms with E-state index in [2.05, 4.69) is 15.5 Å². The first-order valence-electron chi connectivity index (χ1n) is 7.72. The van der Waals surface area contributed by atoms with Crippen LogP contribution in [0.3, 0.4) is 0 Å². The summed E-state index contributed by atoms with van der Waals surface area (Å²) >= 11 is 0. The van der Waals surface area contributed by atoms with Gasteiger partial charge in [0.15, 0.2) is 0 Å². The number of methoxy groups -OCH3 is 1. The quantitative estimate of drug-likeness (QED) is 0.713. The Labute approximate surface area is 140 Å². The summed E-state index contributed by atoms with van der Waals surface area (Å²) in [5, 5.41) is 11.4. The third-order valence-corrected chi connectivity index (χ3v) is 3.42. The van der Waals surface area contributed by atoms with E-state index in [9.17, 15) is 0 Å². The van der Waals surface area contributed by atoms with Crippen molar-refractivity contribution in [3.8, 4) is 23.0 Å². The maximum absolute atomic E-state index is 5.70. The van der Waals surface area contributed by atoms with Crippen LogP contribution in [-0.4, -0.2) is 23.9 Å². The average Bonchev–Trinajstić information content (AvgIpc) is 3.10. The molecule has 3 rings (SSSR count). The lowest BCUT2D eigenvalue weighted by Gasteiger charge is -2.08. The third-order valence-electron chi connectivity index (χ3n) is 3.42. The van der Waals surface area contributed by atoms with Gasteiger partial charge in [-0.1, -0.05) is 12.1 Å². The van der Waals surface area contributed by atoms with Crippen LogP contribution in [0.1, 0.15) is 12.8 Å². The number of benzene rings is 2. The number of para-hydroxylation sites is 2. The second-order valence-corrected chi connectivity index (χ2v) is 5.01. The summed E-state index contributed by atoms with van der Waals surface area (Å²) in [7, 11) is 1.64. The highest BCUT2D eigenvalue weighted by molar-refractivity contribution is 5.56. The molecule has 0 aliphatic rings. The van der Waals surface area contributed by atoms with Gasteiger partial charge in [-0.3, -0.25) is 0 Å². The van der Waals surface area contributed by atoms with Gasteiger partial charge in [0, 0.05) is 5.56 Å². The Balaban J connectivity index is 1.67. The molecule has 0 atom stereocenters. The average molecular weight is 325 g/mol. The summed E-state index contributed by atoms with van der Waals surface area (Å²) in [6.07, 6.45) is 0. The SMILES string of the molecule is CCOc1ccc(-c2nnc(CNc3ccccc3OC)o2)cc1. The van der Waals surface area contributed by atoms with Gasteiger partial charge in [0.25, 0.3) is 0 Å². The first-order valence-corrected chi connectivity index (χ1v) is 7.72. The van der Waals surface area contributed by atoms with Crippen LogP contribution in [0.5, 0.6) is 11.5 Å². The van der Waals surface area contributed by atoms with Crippen LogP contribution in [0.25, 0.3) is 11.5 Å². The molecule has 0 saturated heterocycles. The number of aromatic nitrogens is 2. The Hall–Kier alpha value is -3.02. The number of nitrogens with zero attached hydrogens (tertiary/aromatic N) is 2. The standard InChI is InChI=1S/C18H19N3O3/c1-3-23-14-10-8-13(9-11-14)18-21-20-17(24-18)12-19-15-6-4-5-7-16(15)22-2/h4-11,19H,3,12H2,1-2H3. The Morgan fingerprint density at radius 2 is 1.83 bits per heavy atom. The Kier molecular flexibility index (Phi) is 4.96. The van der Waals surface area contributed by atoms with E-state index >= 15 is 0 Å². The van der Waals surface area contributed by atoms with Crippen LogP contribution in [0.4, 0.5) is 5.69 Å². The largest absolute Gasteiger partial charge is 0.495 e. The van der Waals surface area contributed by atoms with E-state index in [0.29, 0.717) is 24.9 Å². The monoisotopic (exact) mass is 325 g/mol. The van der Waals surface area contributed by atoms with Gasteiger partial charge in [-0.15, -0.1) is 10.2 Å². The van der Waals surface area contributed by atoms with Gasteiger partial charge in [0.05, 0.1) is 25.9 Å². The predicted octanol–water partition coefficient (Wildman–Crippen LogP) is 3.76. The molecule has 6 nitrogen and oxygen atoms in total. The molecule has 0 aliphatic carbocycles. The molecule has 0 saturated carbocycles. The molecule has 0 radical (unpaired) electrons. The molecule has 24 heavy (non-hydrogen) atoms. The number of anilines is 1. The van der Waals surface area contributed by atoms with E-state index in [1.54, 1.807) is 7.11 Å². The van der Waals surface area contributed by atoms with Crippen LogP contribution in [0, 0.1) is 0 Å². The summed E-state index contributed by atoms with van der Waals surface area (Å²) < 4.78 is 16.4. The summed E-state index contributed by atoms with van der Waals surface area (Å²) in [4.78, 5) is 0. The summed E-state index contributed by atoms with van der Waals surface area (Å²) in [6, 6.07) is 15.2. The zero-order valence-electron chi connectivity index (χ0n) is 13.7. The molecule has 0 spiro atoms. The summed E-state index contributed by atoms with van der Waals surface area (Å²) in [6.45, 7) is 3.01. The molecule has 0 bridgehead atoms. The minimum Gasteiger partial charge on any atom is -0.495 e. The van der Waals surface area contributed by atoms with Gasteiger partial charge < -0.3 is 19.2 Å². The van der Waals surface area contributed by atoms with E-state index in [4.69, 9.17) is 13.9 Å². The minimum atomic E-state index is 0.421. The van der Waals surface area contributed by atoms with Gasteiger partial charge in [0.2, 0.25) is 11.8 Å². The molecule has 124 valence electrons. The highest BCUT2D eigenvalue weighted by Gasteiger charge is 2.09. The lowest BCUT2D eigenvalue weighted by atomic mass is 10.2. The Morgan fingerprint density at radius 3 is 2.58 bits per heavy atom. The topological polar surface area (TPSA) is 69.4 Å². The van der Waals surface area contributed by atoms with E-state index < -0.39 is 0 Å². The van der Waals surface area contributed by atoms with Crippen molar-refractivity contribution in [3.63, 3.8) is 0 Å². The van der Waals surface area contributed by atoms with Crippen molar-refractivity contribution >= 4 is 5.69 Å². The molecule has 1 aromatic heterocycles. The zero-order chi connectivity index (χ0) is 16.8. The number of hydrogen-bond donors (Lipinski definition) is 1. The fraction of sp³-hybridized carbons (Fsp3) is 0.222. The minimum absolute atomic E-state index is 0.421. The maximum atomic E-state index is 5.70. The molecule has 0 unspecified atom stereocenters. The molecular formula is C18H19N3O3. The lowest BCUT2D eigenvalue weighted by molar-refractivity contribution is 0.340. The fourth-order valence-electron chi connectivity index (χ4n) is 2.26. The van der Waals surface area contributed by atoms with E-state index in [1.807, 2.05) is 55.5 Å². The fourth-order valence-corrected chi connectivity index (χ4v) is 2.26. The zero-order valence-corrected chi connectivity index (χ0v) is 13.7. The normalized spacial score (nSPS) is 10.4. The Morgan fingerprint density at radius 1 is 1.04 bits per heavy atom. The molecule has 0 aliphatic heterocycles. The van der Waals surface area contributed by atoms with Gasteiger partial charge in [0.1, 0.15) is 11.5 Å². The van der Waals surface area contributed by atoms with Crippen molar-refractivity contribution in [2.75, 3.05) is 19.0 Å². The van der Waals surface area contributed by atoms with Crippen LogP contribution < -0.4 is 14.8 Å². The van der Waals surface area contributed by atoms with Crippen molar-refractivity contribution in [1.82, 2.24) is 10.2 Å². The first kappa shape index (κ1) is 15.9. The van der Waals surface area contributed by atoms with Crippen LogP contribution >= 0.6 is 0 Å². The molecule has 1 heterocycles. The highest BCUT2D eigenvalue weighted by Crippen LogP contribution is 2.25. The molecule has 3 aromatic rings. The van der Waals surface area contributed by atoms with Crippen molar-refractivity contribution in [3.05, 3.63) is 54.4 Å². The van der Waals surface area contributed by atoms with E-state index in [1.165, 1.54) is 0 Å². The van der Waals surface area contributed by atoms with E-state index in [-0.39, 0.29) is 0 Å². The van der Waals surface area contributed by atoms with E-state index in [0.717, 1.165) is 22.7 Å². The highest BCUT2D eigenvalue weighted by atomic mass is 16.5. The molecule has 0 fully saturated rings. The molecule has 0 amide bonds. The van der Waals surface area contributed by atoms with Crippen LogP contribution in [-0.2, 0) is 6.54 Å². The van der Waals surface area contributed by atoms with Gasteiger partial charge >= 0.3 is 0 Å². The Bertz CT molecular complexity index is 784. The predicted molar refractivity (Wildman–Crippen MR) is 91.2 cm³/mol. The second kappa shape index (κ2) is 7.50. The lowest BCUT2D eigenvalue weighted by Crippen LogP contribution is -2.01. The third kappa shape index (κ3) is 3.65. The smallest absolute Gasteiger partial charge is 0.247 e. The molecule has 1 N–H and O–H groups in total. The molecular weight excluding hydrogens is 306 g/mol.